The van der Waals surface area contributed by atoms with Crippen molar-refractivity contribution in [2.45, 2.75) is 18.1 Å². The van der Waals surface area contributed by atoms with Crippen LogP contribution in [-0.2, 0) is 6.54 Å². The van der Waals surface area contributed by atoms with Gasteiger partial charge in [0, 0.05) is 5.75 Å². The molecule has 0 amide bonds. The minimum Gasteiger partial charge on any atom is -0.494 e. The number of hydrogen-bond donors (Lipinski definition) is 0. The molecule has 0 fully saturated rings. The summed E-state index contributed by atoms with van der Waals surface area (Å²) in [6, 6.07) is 13.6. The van der Waals surface area contributed by atoms with Gasteiger partial charge in [-0.1, -0.05) is 30.0 Å². The van der Waals surface area contributed by atoms with Crippen molar-refractivity contribution in [3.05, 3.63) is 54.5 Å². The second-order valence-corrected chi connectivity index (χ2v) is 5.62. The standard InChI is InChI=1S/C15H16N4O2S/c1-2-6-13(7-3-1)20-10-5-11-22-15-16-17-18-19(15)12-14-8-4-9-21-14/h1-4,6-9H,5,10-12H2. The van der Waals surface area contributed by atoms with Crippen LogP contribution in [0, 0.1) is 0 Å². The van der Waals surface area contributed by atoms with E-state index in [2.05, 4.69) is 15.5 Å². The number of para-hydroxylation sites is 1. The molecular weight excluding hydrogens is 300 g/mol. The maximum atomic E-state index is 5.65. The second kappa shape index (κ2) is 7.65. The quantitative estimate of drug-likeness (QED) is 0.470. The number of hydrogen-bond acceptors (Lipinski definition) is 6. The fraction of sp³-hybridized carbons (Fsp3) is 0.267. The number of aromatic nitrogens is 4. The van der Waals surface area contributed by atoms with Crippen LogP contribution in [0.2, 0.25) is 0 Å². The van der Waals surface area contributed by atoms with Crippen LogP contribution < -0.4 is 4.74 Å². The maximum Gasteiger partial charge on any atom is 0.209 e. The smallest absolute Gasteiger partial charge is 0.209 e. The van der Waals surface area contributed by atoms with Gasteiger partial charge in [-0.2, -0.15) is 0 Å². The van der Waals surface area contributed by atoms with Crippen molar-refractivity contribution in [3.63, 3.8) is 0 Å². The molecule has 2 heterocycles. The Labute approximate surface area is 132 Å². The van der Waals surface area contributed by atoms with Gasteiger partial charge in [-0.15, -0.1) is 5.10 Å². The highest BCUT2D eigenvalue weighted by Gasteiger charge is 2.08. The Hall–Kier alpha value is -2.28. The molecule has 22 heavy (non-hydrogen) atoms. The van der Waals surface area contributed by atoms with Crippen LogP contribution in [0.4, 0.5) is 0 Å². The topological polar surface area (TPSA) is 66.0 Å². The fourth-order valence-corrected chi connectivity index (χ4v) is 2.67. The third kappa shape index (κ3) is 4.11. The predicted octanol–water partition coefficient (Wildman–Crippen LogP) is 2.88. The zero-order valence-electron chi connectivity index (χ0n) is 12.0. The molecule has 114 valence electrons. The van der Waals surface area contributed by atoms with Crippen molar-refractivity contribution in [2.24, 2.45) is 0 Å². The number of ether oxygens (including phenoxy) is 1. The molecule has 6 nitrogen and oxygen atoms in total. The summed E-state index contributed by atoms with van der Waals surface area (Å²) >= 11 is 1.62. The first-order valence-electron chi connectivity index (χ1n) is 7.01. The highest BCUT2D eigenvalue weighted by atomic mass is 32.2. The van der Waals surface area contributed by atoms with Crippen molar-refractivity contribution in [1.82, 2.24) is 20.2 Å². The van der Waals surface area contributed by atoms with Gasteiger partial charge in [0.1, 0.15) is 18.1 Å². The van der Waals surface area contributed by atoms with Crippen molar-refractivity contribution in [2.75, 3.05) is 12.4 Å². The SMILES string of the molecule is c1ccc(OCCCSc2nnnn2Cc2ccco2)cc1. The van der Waals surface area contributed by atoms with Crippen LogP contribution in [0.25, 0.3) is 0 Å². The minimum atomic E-state index is 0.544. The van der Waals surface area contributed by atoms with E-state index in [1.807, 2.05) is 42.5 Å². The molecule has 0 aliphatic heterocycles. The lowest BCUT2D eigenvalue weighted by atomic mass is 10.3. The molecule has 1 aromatic carbocycles. The van der Waals surface area contributed by atoms with Gasteiger partial charge in [0.15, 0.2) is 0 Å². The molecular formula is C15H16N4O2S. The number of benzene rings is 1. The van der Waals surface area contributed by atoms with E-state index >= 15 is 0 Å². The molecule has 0 unspecified atom stereocenters. The van der Waals surface area contributed by atoms with Gasteiger partial charge in [0.05, 0.1) is 12.9 Å². The van der Waals surface area contributed by atoms with Crippen molar-refractivity contribution in [1.29, 1.82) is 0 Å². The molecule has 0 aliphatic carbocycles. The van der Waals surface area contributed by atoms with Crippen LogP contribution in [0.1, 0.15) is 12.2 Å². The van der Waals surface area contributed by atoms with E-state index in [0.29, 0.717) is 13.2 Å². The Kier molecular flexibility index (Phi) is 5.09. The zero-order chi connectivity index (χ0) is 15.0. The molecule has 0 radical (unpaired) electrons. The Morgan fingerprint density at radius 2 is 2.05 bits per heavy atom. The first-order chi connectivity index (χ1) is 10.9. The van der Waals surface area contributed by atoms with Crippen LogP contribution in [-0.4, -0.2) is 32.6 Å². The first kappa shape index (κ1) is 14.6. The lowest BCUT2D eigenvalue weighted by Gasteiger charge is -2.05. The highest BCUT2D eigenvalue weighted by Crippen LogP contribution is 2.16. The molecule has 0 saturated heterocycles. The number of thioether (sulfide) groups is 1. The Morgan fingerprint density at radius 1 is 1.14 bits per heavy atom. The van der Waals surface area contributed by atoms with Gasteiger partial charge in [-0.25, -0.2) is 4.68 Å². The number of furan rings is 1. The average Bonchev–Trinajstić information content (AvgIpc) is 3.21. The summed E-state index contributed by atoms with van der Waals surface area (Å²) in [5, 5.41) is 12.5. The first-order valence-corrected chi connectivity index (χ1v) is 7.99. The minimum absolute atomic E-state index is 0.544. The molecule has 0 bridgehead atoms. The van der Waals surface area contributed by atoms with Gasteiger partial charge in [-0.3, -0.25) is 0 Å². The van der Waals surface area contributed by atoms with Crippen LogP contribution in [0.5, 0.6) is 5.75 Å². The monoisotopic (exact) mass is 316 g/mol. The molecule has 3 aromatic rings. The van der Waals surface area contributed by atoms with E-state index in [-0.39, 0.29) is 0 Å². The molecule has 0 spiro atoms. The van der Waals surface area contributed by atoms with E-state index in [1.165, 1.54) is 0 Å². The van der Waals surface area contributed by atoms with Gasteiger partial charge in [0.2, 0.25) is 5.16 Å². The lowest BCUT2D eigenvalue weighted by Crippen LogP contribution is -2.04. The predicted molar refractivity (Wildman–Crippen MR) is 82.9 cm³/mol. The van der Waals surface area contributed by atoms with E-state index in [1.54, 1.807) is 22.7 Å². The lowest BCUT2D eigenvalue weighted by molar-refractivity contribution is 0.318. The Balaban J connectivity index is 1.41. The second-order valence-electron chi connectivity index (χ2n) is 4.56. The van der Waals surface area contributed by atoms with Crippen LogP contribution >= 0.6 is 11.8 Å². The van der Waals surface area contributed by atoms with E-state index in [0.717, 1.165) is 28.8 Å². The number of nitrogens with zero attached hydrogens (tertiary/aromatic N) is 4. The Bertz CT molecular complexity index is 670. The molecule has 0 saturated carbocycles. The Morgan fingerprint density at radius 3 is 2.86 bits per heavy atom. The van der Waals surface area contributed by atoms with Gasteiger partial charge < -0.3 is 9.15 Å². The van der Waals surface area contributed by atoms with Gasteiger partial charge >= 0.3 is 0 Å². The molecule has 0 N–H and O–H groups in total. The van der Waals surface area contributed by atoms with Crippen molar-refractivity contribution >= 4 is 11.8 Å². The number of tetrazole rings is 1. The van der Waals surface area contributed by atoms with E-state index < -0.39 is 0 Å². The molecule has 0 aliphatic rings. The normalized spacial score (nSPS) is 10.7. The third-order valence-corrected chi connectivity index (χ3v) is 3.96. The third-order valence-electron chi connectivity index (χ3n) is 2.92. The van der Waals surface area contributed by atoms with Crippen LogP contribution in [0.15, 0.2) is 58.3 Å². The maximum absolute atomic E-state index is 5.65. The summed E-state index contributed by atoms with van der Waals surface area (Å²) < 4.78 is 12.7. The van der Waals surface area contributed by atoms with Crippen molar-refractivity contribution < 1.29 is 9.15 Å². The molecule has 2 aromatic heterocycles. The van der Waals surface area contributed by atoms with Crippen LogP contribution in [0.3, 0.4) is 0 Å². The molecule has 3 rings (SSSR count). The summed E-state index contributed by atoms with van der Waals surface area (Å²) in [4.78, 5) is 0. The summed E-state index contributed by atoms with van der Waals surface area (Å²) in [7, 11) is 0. The summed E-state index contributed by atoms with van der Waals surface area (Å²) in [6.45, 7) is 1.22. The number of rotatable bonds is 8. The fourth-order valence-electron chi connectivity index (χ4n) is 1.88. The van der Waals surface area contributed by atoms with Gasteiger partial charge in [-0.05, 0) is 41.1 Å². The molecule has 7 heteroatoms. The zero-order valence-corrected chi connectivity index (χ0v) is 12.8. The van der Waals surface area contributed by atoms with E-state index in [9.17, 15) is 0 Å². The summed E-state index contributed by atoms with van der Waals surface area (Å²) in [5.41, 5.74) is 0. The average molecular weight is 316 g/mol. The summed E-state index contributed by atoms with van der Waals surface area (Å²) in [5.74, 6) is 2.63. The van der Waals surface area contributed by atoms with Crippen molar-refractivity contribution in [3.8, 4) is 5.75 Å². The molecule has 0 atom stereocenters. The van der Waals surface area contributed by atoms with E-state index in [4.69, 9.17) is 9.15 Å². The highest BCUT2D eigenvalue weighted by molar-refractivity contribution is 7.99. The van der Waals surface area contributed by atoms with Gasteiger partial charge in [0.25, 0.3) is 0 Å². The largest absolute Gasteiger partial charge is 0.494 e. The summed E-state index contributed by atoms with van der Waals surface area (Å²) in [6.07, 6.45) is 2.57.